The molecular formula is C36H42N2O7S. The first kappa shape index (κ1) is 31.5. The van der Waals surface area contributed by atoms with Gasteiger partial charge in [0.05, 0.1) is 4.90 Å². The highest BCUT2D eigenvalue weighted by atomic mass is 32.2. The molecule has 0 radical (unpaired) electrons. The second-order valence-electron chi connectivity index (χ2n) is 14.6. The Kier molecular flexibility index (Phi) is 7.51. The van der Waals surface area contributed by atoms with Crippen LogP contribution in [0.2, 0.25) is 0 Å². The van der Waals surface area contributed by atoms with Crippen LogP contribution < -0.4 is 11.1 Å². The average Bonchev–Trinajstić information content (AvgIpc) is 3.63. The topological polar surface area (TPSA) is 137 Å². The van der Waals surface area contributed by atoms with Gasteiger partial charge in [-0.15, -0.1) is 0 Å². The van der Waals surface area contributed by atoms with Crippen molar-refractivity contribution in [1.29, 1.82) is 0 Å². The molecule has 46 heavy (non-hydrogen) atoms. The van der Waals surface area contributed by atoms with Crippen molar-refractivity contribution in [3.63, 3.8) is 0 Å². The van der Waals surface area contributed by atoms with Crippen molar-refractivity contribution in [3.8, 4) is 0 Å². The van der Waals surface area contributed by atoms with Gasteiger partial charge in [-0.1, -0.05) is 60.2 Å². The molecule has 3 bridgehead atoms. The number of carbonyl (C=O) groups excluding carboxylic acids is 1. The van der Waals surface area contributed by atoms with Crippen molar-refractivity contribution >= 4 is 16.0 Å². The lowest BCUT2D eigenvalue weighted by atomic mass is 9.56. The quantitative estimate of drug-likeness (QED) is 0.228. The number of benzene rings is 3. The zero-order valence-corrected chi connectivity index (χ0v) is 27.3. The van der Waals surface area contributed by atoms with Gasteiger partial charge in [0.15, 0.2) is 0 Å². The van der Waals surface area contributed by atoms with Gasteiger partial charge in [-0.2, -0.15) is 18.2 Å². The molecule has 2 spiro atoms. The number of amides is 1. The molecular weight excluding hydrogens is 604 g/mol. The molecule has 5 atom stereocenters. The molecule has 10 heteroatoms. The first-order chi connectivity index (χ1) is 21.7. The molecule has 4 saturated carbocycles. The van der Waals surface area contributed by atoms with Crippen molar-refractivity contribution in [2.75, 3.05) is 6.54 Å². The summed E-state index contributed by atoms with van der Waals surface area (Å²) in [7, 11) is -4.02. The third kappa shape index (κ3) is 5.19. The van der Waals surface area contributed by atoms with Crippen LogP contribution >= 0.6 is 0 Å². The molecule has 3 aromatic rings. The lowest BCUT2D eigenvalue weighted by Gasteiger charge is -2.49. The number of hydrogen-bond acceptors (Lipinski definition) is 7. The summed E-state index contributed by atoms with van der Waals surface area (Å²) in [6.45, 7) is 6.01. The first-order valence-electron chi connectivity index (χ1n) is 16.1. The highest BCUT2D eigenvalue weighted by Gasteiger charge is 2.77. The fraction of sp³-hybridized carbons (Fsp3) is 0.472. The van der Waals surface area contributed by atoms with Crippen LogP contribution in [0.4, 0.5) is 0 Å². The third-order valence-corrected chi connectivity index (χ3v) is 11.9. The minimum atomic E-state index is -4.02. The summed E-state index contributed by atoms with van der Waals surface area (Å²) in [5.74, 6) is 0.387. The molecule has 4 aliphatic carbocycles. The number of nitrogens with one attached hydrogen (secondary N) is 1. The largest absolute Gasteiger partial charge is 0.350 e. The van der Waals surface area contributed by atoms with Crippen molar-refractivity contribution in [3.05, 3.63) is 101 Å². The SMILES string of the molecule is CC(C)(N)CNC(=O)c1ccc([C@@]2(c3ccccc3)OOC3(O2)C2CC4CC5CC3CC45C2)cc1.Cc1ccc(S(=O)(=O)O)cc1. The fourth-order valence-corrected chi connectivity index (χ4v) is 9.28. The van der Waals surface area contributed by atoms with E-state index in [2.05, 4.69) is 5.32 Å². The molecule has 244 valence electrons. The summed E-state index contributed by atoms with van der Waals surface area (Å²) in [4.78, 5) is 25.3. The Labute approximate surface area is 270 Å². The lowest BCUT2D eigenvalue weighted by Crippen LogP contribution is -2.49. The van der Waals surface area contributed by atoms with Crippen LogP contribution in [0.1, 0.15) is 73.0 Å². The zero-order chi connectivity index (χ0) is 32.5. The number of nitrogens with two attached hydrogens (primary N) is 1. The monoisotopic (exact) mass is 646 g/mol. The number of rotatable bonds is 6. The van der Waals surface area contributed by atoms with Gasteiger partial charge in [0.1, 0.15) is 0 Å². The summed E-state index contributed by atoms with van der Waals surface area (Å²) in [6.07, 6.45) is 6.14. The maximum absolute atomic E-state index is 12.7. The Balaban J connectivity index is 0.000000263. The maximum Gasteiger partial charge on any atom is 0.294 e. The maximum atomic E-state index is 12.7. The molecule has 1 saturated heterocycles. The first-order valence-corrected chi connectivity index (χ1v) is 17.5. The number of ether oxygens (including phenoxy) is 1. The van der Waals surface area contributed by atoms with Gasteiger partial charge in [-0.05, 0) is 94.4 Å². The molecule has 4 unspecified atom stereocenters. The second kappa shape index (κ2) is 11.0. The summed E-state index contributed by atoms with van der Waals surface area (Å²) in [5.41, 5.74) is 9.36. The highest BCUT2D eigenvalue weighted by molar-refractivity contribution is 7.85. The Morgan fingerprint density at radius 2 is 1.43 bits per heavy atom. The van der Waals surface area contributed by atoms with Gasteiger partial charge in [0.2, 0.25) is 5.79 Å². The van der Waals surface area contributed by atoms with Crippen molar-refractivity contribution in [2.45, 2.75) is 74.9 Å². The van der Waals surface area contributed by atoms with Gasteiger partial charge in [0, 0.05) is 40.6 Å². The van der Waals surface area contributed by atoms with Gasteiger partial charge in [-0.25, -0.2) is 0 Å². The van der Waals surface area contributed by atoms with E-state index in [1.165, 1.54) is 44.2 Å². The average molecular weight is 647 g/mol. The van der Waals surface area contributed by atoms with Crippen LogP contribution in [0.5, 0.6) is 0 Å². The Morgan fingerprint density at radius 1 is 0.870 bits per heavy atom. The number of fused-ring (bicyclic) bond motifs is 4. The van der Waals surface area contributed by atoms with Crippen LogP contribution in [0.3, 0.4) is 0 Å². The van der Waals surface area contributed by atoms with Crippen molar-refractivity contribution < 1.29 is 32.3 Å². The summed E-state index contributed by atoms with van der Waals surface area (Å²) < 4.78 is 36.7. The normalized spacial score (nSPS) is 33.7. The smallest absolute Gasteiger partial charge is 0.294 e. The molecule has 5 fully saturated rings. The number of carbonyl (C=O) groups is 1. The molecule has 1 heterocycles. The Bertz CT molecular complexity index is 1700. The third-order valence-electron chi connectivity index (χ3n) is 11.0. The van der Waals surface area contributed by atoms with Crippen LogP contribution in [0.15, 0.2) is 83.8 Å². The second-order valence-corrected chi connectivity index (χ2v) is 16.1. The van der Waals surface area contributed by atoms with E-state index in [1.807, 2.05) is 75.4 Å². The fourth-order valence-electron chi connectivity index (χ4n) is 8.80. The van der Waals surface area contributed by atoms with Gasteiger partial charge >= 0.3 is 0 Å². The van der Waals surface area contributed by atoms with E-state index < -0.39 is 27.2 Å². The summed E-state index contributed by atoms with van der Waals surface area (Å²) >= 11 is 0. The van der Waals surface area contributed by atoms with Gasteiger partial charge in [0.25, 0.3) is 21.8 Å². The molecule has 5 aliphatic rings. The minimum Gasteiger partial charge on any atom is -0.350 e. The predicted molar refractivity (Wildman–Crippen MR) is 171 cm³/mol. The highest BCUT2D eigenvalue weighted by Crippen LogP contribution is 2.79. The van der Waals surface area contributed by atoms with E-state index in [0.29, 0.717) is 29.4 Å². The summed E-state index contributed by atoms with van der Waals surface area (Å²) in [5, 5.41) is 2.91. The van der Waals surface area contributed by atoms with E-state index in [9.17, 15) is 13.2 Å². The van der Waals surface area contributed by atoms with Crippen LogP contribution in [-0.4, -0.2) is 36.7 Å². The van der Waals surface area contributed by atoms with Crippen molar-refractivity contribution in [1.82, 2.24) is 5.32 Å². The molecule has 9 nitrogen and oxygen atoms in total. The van der Waals surface area contributed by atoms with Crippen LogP contribution in [0.25, 0.3) is 0 Å². The number of aryl methyl sites for hydroxylation is 1. The molecule has 0 aromatic heterocycles. The van der Waals surface area contributed by atoms with Gasteiger partial charge < -0.3 is 15.8 Å². The van der Waals surface area contributed by atoms with Crippen LogP contribution in [-0.2, 0) is 30.4 Å². The standard InChI is InChI=1S/C29H34N2O4.C7H8O3S/c1-26(2,30)17-31-25(32)18-8-10-20(11-9-18)28(19-6-4-3-5-7-19)33-29(35-34-28)23-13-21-12-22-14-24(29)16-27(21,22)15-23;1-6-2-4-7(5-3-6)11(8,9)10/h3-11,21-24H,12-17,30H2,1-2H3,(H,31,32);2-5H,1H3,(H,8,9,10)/t21?,22?,23?,24?,27?,28-,29?;/m1./s1. The molecule has 3 aromatic carbocycles. The Morgan fingerprint density at radius 3 is 2.00 bits per heavy atom. The molecule has 1 aliphatic heterocycles. The predicted octanol–water partition coefficient (Wildman–Crippen LogP) is 5.73. The van der Waals surface area contributed by atoms with E-state index in [-0.39, 0.29) is 10.8 Å². The summed E-state index contributed by atoms with van der Waals surface area (Å²) in [6, 6.07) is 23.5. The van der Waals surface area contributed by atoms with Crippen molar-refractivity contribution in [2.24, 2.45) is 34.8 Å². The molecule has 1 amide bonds. The zero-order valence-electron chi connectivity index (χ0n) is 26.4. The van der Waals surface area contributed by atoms with Gasteiger partial charge in [-0.3, -0.25) is 9.35 Å². The van der Waals surface area contributed by atoms with E-state index in [4.69, 9.17) is 24.8 Å². The van der Waals surface area contributed by atoms with Crippen LogP contribution in [0, 0.1) is 36.0 Å². The minimum absolute atomic E-state index is 0.0666. The van der Waals surface area contributed by atoms with E-state index >= 15 is 0 Å². The molecule has 4 N–H and O–H groups in total. The Hall–Kier alpha value is -3.12. The van der Waals surface area contributed by atoms with E-state index in [0.717, 1.165) is 28.5 Å². The molecule has 8 rings (SSSR count). The lowest BCUT2D eigenvalue weighted by molar-refractivity contribution is -0.370. The van der Waals surface area contributed by atoms with E-state index in [1.54, 1.807) is 12.1 Å². The number of hydrogen-bond donors (Lipinski definition) is 3.